The summed E-state index contributed by atoms with van der Waals surface area (Å²) in [4.78, 5) is 63.3. The van der Waals surface area contributed by atoms with Gasteiger partial charge in [0.2, 0.25) is 17.7 Å². The van der Waals surface area contributed by atoms with Gasteiger partial charge in [-0.1, -0.05) is 66.2 Å². The van der Waals surface area contributed by atoms with Crippen LogP contribution in [-0.2, 0) is 36.8 Å². The average molecular weight is 725 g/mol. The van der Waals surface area contributed by atoms with Crippen molar-refractivity contribution in [2.24, 2.45) is 0 Å². The van der Waals surface area contributed by atoms with Crippen LogP contribution >= 0.6 is 25.3 Å². The van der Waals surface area contributed by atoms with Crippen LogP contribution in [0.4, 0.5) is 0 Å². The molecule has 13 nitrogen and oxygen atoms in total. The number of carbonyl (C=O) groups excluding carboxylic acids is 4. The third kappa shape index (κ3) is 12.5. The van der Waals surface area contributed by atoms with Gasteiger partial charge in [0.25, 0.3) is 5.70 Å². The summed E-state index contributed by atoms with van der Waals surface area (Å²) in [6, 6.07) is 14.9. The number of nitrogens with zero attached hydrogens (tertiary/aromatic N) is 1. The lowest BCUT2D eigenvalue weighted by Gasteiger charge is -2.25. The molecule has 0 heterocycles. The van der Waals surface area contributed by atoms with E-state index in [1.807, 2.05) is 24.3 Å². The molecule has 3 unspecified atom stereocenters. The van der Waals surface area contributed by atoms with E-state index in [0.29, 0.717) is 11.3 Å². The van der Waals surface area contributed by atoms with Crippen molar-refractivity contribution in [3.8, 4) is 0 Å². The number of allylic oxidation sites excluding steroid dienone is 5. The van der Waals surface area contributed by atoms with Gasteiger partial charge in [-0.05, 0) is 37.3 Å². The fourth-order valence-electron chi connectivity index (χ4n) is 4.96. The third-order valence-electron chi connectivity index (χ3n) is 7.38. The number of hydrogen-bond donors (Lipinski definition) is 7. The highest BCUT2D eigenvalue weighted by Gasteiger charge is 2.31. The first kappa shape index (κ1) is 41.3. The van der Waals surface area contributed by atoms with E-state index in [4.69, 9.17) is 10.1 Å². The van der Waals surface area contributed by atoms with Gasteiger partial charge in [0.05, 0.1) is 29.0 Å². The highest BCUT2D eigenvalue weighted by atomic mass is 32.1. The van der Waals surface area contributed by atoms with E-state index in [9.17, 15) is 29.3 Å². The average Bonchev–Trinajstić information content (AvgIpc) is 3.11. The predicted molar refractivity (Wildman–Crippen MR) is 199 cm³/mol. The highest BCUT2D eigenvalue weighted by Crippen LogP contribution is 2.24. The van der Waals surface area contributed by atoms with E-state index in [2.05, 4.69) is 46.5 Å². The van der Waals surface area contributed by atoms with E-state index in [1.165, 1.54) is 19.3 Å². The zero-order chi connectivity index (χ0) is 37.2. The van der Waals surface area contributed by atoms with Crippen molar-refractivity contribution in [3.63, 3.8) is 0 Å². The van der Waals surface area contributed by atoms with Crippen molar-refractivity contribution in [1.82, 2.24) is 21.3 Å². The van der Waals surface area contributed by atoms with Crippen molar-refractivity contribution < 1.29 is 28.8 Å². The van der Waals surface area contributed by atoms with Gasteiger partial charge in [0.15, 0.2) is 0 Å². The molecule has 3 amide bonds. The molecule has 0 fully saturated rings. The number of nitrogens with one attached hydrogen (secondary N) is 5. The summed E-state index contributed by atoms with van der Waals surface area (Å²) in [7, 11) is 1.19. The Labute approximate surface area is 302 Å². The van der Waals surface area contributed by atoms with Crippen LogP contribution in [0.1, 0.15) is 31.4 Å². The molecule has 5 N–H and O–H groups in total. The molecule has 3 rings (SSSR count). The Bertz CT molecular complexity index is 1610. The monoisotopic (exact) mass is 724 g/mol. The molecule has 0 bridgehead atoms. The number of ether oxygens (including phenoxy) is 1. The van der Waals surface area contributed by atoms with Crippen LogP contribution < -0.4 is 21.3 Å². The molecule has 1 aliphatic rings. The number of carbonyl (C=O) groups is 4. The van der Waals surface area contributed by atoms with Crippen LogP contribution in [0.5, 0.6) is 0 Å². The Hall–Kier alpha value is -4.89. The molecule has 2 aromatic carbocycles. The maximum atomic E-state index is 13.8. The number of methoxy groups -OCH3 is 1. The zero-order valence-electron chi connectivity index (χ0n) is 28.4. The fourth-order valence-corrected chi connectivity index (χ4v) is 5.20. The number of rotatable bonds is 16. The summed E-state index contributed by atoms with van der Waals surface area (Å²) in [5, 5.41) is 31.0. The Morgan fingerprint density at radius 1 is 0.840 bits per heavy atom. The van der Waals surface area contributed by atoms with Crippen LogP contribution in [0.2, 0.25) is 0 Å². The van der Waals surface area contributed by atoms with Gasteiger partial charge in [0, 0.05) is 37.6 Å². The smallest absolute Gasteiger partial charge is 0.329 e. The number of amides is 3. The summed E-state index contributed by atoms with van der Waals surface area (Å²) in [5.41, 5.74) is 2.43. The van der Waals surface area contributed by atoms with Gasteiger partial charge in [-0.15, -0.1) is 0 Å². The second-order valence-electron chi connectivity index (χ2n) is 11.1. The molecule has 0 spiro atoms. The molecular weight excluding hydrogens is 681 g/mol. The lowest BCUT2D eigenvalue weighted by atomic mass is 9.95. The first-order chi connectivity index (χ1) is 23.9. The number of esters is 1. The van der Waals surface area contributed by atoms with Gasteiger partial charge < -0.3 is 26.0 Å². The number of hydrogen-bond acceptors (Lipinski definition) is 11. The van der Waals surface area contributed by atoms with Gasteiger partial charge in [-0.25, -0.2) is 4.79 Å². The first-order valence-corrected chi connectivity index (χ1v) is 17.2. The van der Waals surface area contributed by atoms with Crippen molar-refractivity contribution in [2.45, 2.75) is 51.2 Å². The highest BCUT2D eigenvalue weighted by molar-refractivity contribution is 7.80. The van der Waals surface area contributed by atoms with Gasteiger partial charge in [-0.2, -0.15) is 25.3 Å². The van der Waals surface area contributed by atoms with Gasteiger partial charge in [0.1, 0.15) is 18.1 Å². The summed E-state index contributed by atoms with van der Waals surface area (Å²) in [6.45, 7) is 3.44. The Balaban J connectivity index is 0.00000425. The second kappa shape index (κ2) is 21.3. The molecule has 3 atom stereocenters. The molecule has 0 saturated carbocycles. The lowest BCUT2D eigenvalue weighted by Crippen LogP contribution is -2.57. The predicted octanol–water partition coefficient (Wildman–Crippen LogP) is 2.97. The van der Waals surface area contributed by atoms with Crippen molar-refractivity contribution in [2.75, 3.05) is 25.7 Å². The minimum absolute atomic E-state index is 0.0235. The minimum Gasteiger partial charge on any atom is -0.467 e. The SMILES string of the molecule is COC(=O)C(CS)NC(=O)C(Cc1ccccc1)NC(=O)C(Cc1ccccc1)NC(=O)CCNC1=CC=C([N+](=O)[O-])C(=C(C)C)C1=N.CS. The standard InChI is InChI=1S/C34H40N6O7S.CH4S/c1-21(2)30-28(40(45)46)15-14-24(31(30)35)36-17-16-29(41)37-25(18-22-10-6-4-7-11-22)32(42)38-26(19-23-12-8-5-9-13-23)33(43)39-27(20-48)34(44)47-3;1-2/h4-15,25-27,35-36,48H,16-20H2,1-3H3,(H,37,41)(H,38,42)(H,39,43);2H,1H3. The molecule has 0 radical (unpaired) electrons. The second-order valence-corrected chi connectivity index (χ2v) is 11.5. The number of thiol groups is 2. The third-order valence-corrected chi connectivity index (χ3v) is 7.75. The number of nitro groups is 1. The minimum atomic E-state index is -1.10. The van der Waals surface area contributed by atoms with Crippen LogP contribution in [0.25, 0.3) is 0 Å². The van der Waals surface area contributed by atoms with Crippen LogP contribution in [0.3, 0.4) is 0 Å². The van der Waals surface area contributed by atoms with Gasteiger partial charge >= 0.3 is 5.97 Å². The van der Waals surface area contributed by atoms with Crippen LogP contribution in [0.15, 0.2) is 95.4 Å². The largest absolute Gasteiger partial charge is 0.467 e. The molecular formula is C35H44N6O7S2. The Morgan fingerprint density at radius 3 is 1.80 bits per heavy atom. The fraction of sp³-hybridized carbons (Fsp3) is 0.343. The maximum Gasteiger partial charge on any atom is 0.329 e. The molecule has 50 heavy (non-hydrogen) atoms. The van der Waals surface area contributed by atoms with E-state index >= 15 is 0 Å². The normalized spacial score (nSPS) is 13.9. The molecule has 268 valence electrons. The molecule has 1 aliphatic carbocycles. The zero-order valence-corrected chi connectivity index (χ0v) is 30.2. The Kier molecular flexibility index (Phi) is 17.5. The van der Waals surface area contributed by atoms with Gasteiger partial charge in [-0.3, -0.25) is 29.9 Å². The molecule has 2 aromatic rings. The van der Waals surface area contributed by atoms with Crippen LogP contribution in [0, 0.1) is 15.5 Å². The Morgan fingerprint density at radius 2 is 1.34 bits per heavy atom. The summed E-state index contributed by atoms with van der Waals surface area (Å²) in [6.07, 6.45) is 4.58. The summed E-state index contributed by atoms with van der Waals surface area (Å²) < 4.78 is 4.75. The summed E-state index contributed by atoms with van der Waals surface area (Å²) in [5.74, 6) is -2.42. The first-order valence-electron chi connectivity index (χ1n) is 15.6. The van der Waals surface area contributed by atoms with E-state index in [0.717, 1.165) is 11.1 Å². The van der Waals surface area contributed by atoms with Crippen molar-refractivity contribution in [1.29, 1.82) is 5.41 Å². The van der Waals surface area contributed by atoms with Crippen LogP contribution in [-0.4, -0.2) is 78.1 Å². The summed E-state index contributed by atoms with van der Waals surface area (Å²) >= 11 is 7.66. The molecule has 0 aliphatic heterocycles. The molecule has 0 aromatic heterocycles. The van der Waals surface area contributed by atoms with E-state index < -0.39 is 46.7 Å². The lowest BCUT2D eigenvalue weighted by molar-refractivity contribution is -0.420. The van der Waals surface area contributed by atoms with Crippen molar-refractivity contribution >= 4 is 54.7 Å². The van der Waals surface area contributed by atoms with E-state index in [-0.39, 0.29) is 48.5 Å². The number of benzene rings is 2. The van der Waals surface area contributed by atoms with E-state index in [1.54, 1.807) is 56.5 Å². The molecule has 15 heteroatoms. The maximum absolute atomic E-state index is 13.8. The van der Waals surface area contributed by atoms with Crippen molar-refractivity contribution in [3.05, 3.63) is 117 Å². The quantitative estimate of drug-likeness (QED) is 0.0595. The molecule has 0 saturated heterocycles. The topological polar surface area (TPSA) is 193 Å².